The molecular formula is C26H29ClN6OS. The van der Waals surface area contributed by atoms with Crippen LogP contribution >= 0.6 is 22.9 Å². The van der Waals surface area contributed by atoms with Crippen LogP contribution in [0.3, 0.4) is 0 Å². The van der Waals surface area contributed by atoms with E-state index in [4.69, 9.17) is 22.3 Å². The Kier molecular flexibility index (Phi) is 8.28. The number of carbonyl (C=O) groups is 1. The predicted octanol–water partition coefficient (Wildman–Crippen LogP) is 5.29. The van der Waals surface area contributed by atoms with Crippen LogP contribution in [-0.4, -0.2) is 43.4 Å². The largest absolute Gasteiger partial charge is 0.330 e. The first-order valence-corrected chi connectivity index (χ1v) is 12.9. The number of imidazole rings is 1. The summed E-state index contributed by atoms with van der Waals surface area (Å²) in [5, 5.41) is 2.38. The molecule has 0 aliphatic rings. The average Bonchev–Trinajstić information content (AvgIpc) is 3.52. The molecule has 1 aromatic carbocycles. The summed E-state index contributed by atoms with van der Waals surface area (Å²) >= 11 is 7.53. The zero-order valence-corrected chi connectivity index (χ0v) is 21.4. The Morgan fingerprint density at radius 2 is 1.97 bits per heavy atom. The third kappa shape index (κ3) is 5.96. The van der Waals surface area contributed by atoms with Gasteiger partial charge in [0.25, 0.3) is 5.91 Å². The molecule has 0 bridgehead atoms. The molecule has 0 fully saturated rings. The van der Waals surface area contributed by atoms with E-state index in [2.05, 4.69) is 34.6 Å². The molecule has 9 heteroatoms. The average molecular weight is 509 g/mol. The number of hydrogen-bond acceptors (Lipinski definition) is 6. The van der Waals surface area contributed by atoms with E-state index < -0.39 is 0 Å². The third-order valence-electron chi connectivity index (χ3n) is 5.76. The summed E-state index contributed by atoms with van der Waals surface area (Å²) in [7, 11) is 0. The summed E-state index contributed by atoms with van der Waals surface area (Å²) in [5.74, 6) is 0.794. The van der Waals surface area contributed by atoms with E-state index in [-0.39, 0.29) is 17.9 Å². The van der Waals surface area contributed by atoms with E-state index in [9.17, 15) is 4.79 Å². The Morgan fingerprint density at radius 1 is 1.17 bits per heavy atom. The lowest BCUT2D eigenvalue weighted by Crippen LogP contribution is -2.40. The molecule has 3 heterocycles. The zero-order valence-electron chi connectivity index (χ0n) is 19.8. The molecular weight excluding hydrogens is 480 g/mol. The quantitative estimate of drug-likeness (QED) is 0.294. The highest BCUT2D eigenvalue weighted by Crippen LogP contribution is 2.32. The van der Waals surface area contributed by atoms with E-state index in [0.29, 0.717) is 36.8 Å². The molecule has 4 aromatic rings. The van der Waals surface area contributed by atoms with Crippen LogP contribution in [0.2, 0.25) is 5.15 Å². The Balaban J connectivity index is 1.80. The molecule has 0 spiro atoms. The number of benzene rings is 1. The summed E-state index contributed by atoms with van der Waals surface area (Å²) in [6, 6.07) is 13.1. The van der Waals surface area contributed by atoms with Gasteiger partial charge in [-0.2, -0.15) is 0 Å². The van der Waals surface area contributed by atoms with Gasteiger partial charge in [-0.1, -0.05) is 55.8 Å². The predicted molar refractivity (Wildman–Crippen MR) is 140 cm³/mol. The van der Waals surface area contributed by atoms with Crippen molar-refractivity contribution in [3.05, 3.63) is 88.0 Å². The fraction of sp³-hybridized carbons (Fsp3) is 0.308. The number of hydrogen-bond donors (Lipinski definition) is 1. The second-order valence-electron chi connectivity index (χ2n) is 8.66. The van der Waals surface area contributed by atoms with Gasteiger partial charge in [0.2, 0.25) is 0 Å². The first-order valence-electron chi connectivity index (χ1n) is 11.6. The second-order valence-corrected chi connectivity index (χ2v) is 9.76. The Morgan fingerprint density at radius 3 is 2.60 bits per heavy atom. The zero-order chi connectivity index (χ0) is 24.8. The molecule has 0 aliphatic heterocycles. The van der Waals surface area contributed by atoms with Crippen molar-refractivity contribution in [1.82, 2.24) is 24.4 Å². The number of aromatic nitrogens is 4. The van der Waals surface area contributed by atoms with Gasteiger partial charge >= 0.3 is 0 Å². The minimum atomic E-state index is -0.277. The van der Waals surface area contributed by atoms with Gasteiger partial charge in [0.05, 0.1) is 35.0 Å². The maximum Gasteiger partial charge on any atom is 0.256 e. The Labute approximate surface area is 214 Å². The van der Waals surface area contributed by atoms with Crippen LogP contribution in [0.5, 0.6) is 0 Å². The number of nitrogens with zero attached hydrogens (tertiary/aromatic N) is 5. The molecule has 1 amide bonds. The number of halogens is 1. The monoisotopic (exact) mass is 508 g/mol. The van der Waals surface area contributed by atoms with E-state index in [1.165, 1.54) is 6.20 Å². The molecule has 1 atom stereocenters. The molecule has 0 aliphatic carbocycles. The second kappa shape index (κ2) is 11.6. The highest BCUT2D eigenvalue weighted by atomic mass is 35.5. The van der Waals surface area contributed by atoms with Crippen molar-refractivity contribution in [3.63, 3.8) is 0 Å². The van der Waals surface area contributed by atoms with E-state index in [1.54, 1.807) is 23.5 Å². The van der Waals surface area contributed by atoms with Crippen molar-refractivity contribution < 1.29 is 4.79 Å². The van der Waals surface area contributed by atoms with Gasteiger partial charge < -0.3 is 15.2 Å². The molecule has 4 rings (SSSR count). The summed E-state index contributed by atoms with van der Waals surface area (Å²) in [4.78, 5) is 29.3. The standard InChI is InChI=1S/C26H29ClN6OS/c1-18(2)24(33(12-6-11-28)26(34)20-9-10-23(27)29-13-20)25-31-22(19-7-4-3-5-8-19)15-32(25)14-21-16-35-17-30-21/h3-5,7-10,13,15-18,24H,6,11-12,14,28H2,1-2H3. The van der Waals surface area contributed by atoms with Crippen LogP contribution in [0.1, 0.15) is 48.2 Å². The number of thiazole rings is 1. The van der Waals surface area contributed by atoms with Gasteiger partial charge in [-0.3, -0.25) is 4.79 Å². The SMILES string of the molecule is CC(C)C(c1nc(-c2ccccc2)cn1Cc1cscn1)N(CCCN)C(=O)c1ccc(Cl)nc1. The Bertz CT molecular complexity index is 1220. The maximum atomic E-state index is 13.7. The van der Waals surface area contributed by atoms with Crippen molar-refractivity contribution >= 4 is 28.8 Å². The lowest BCUT2D eigenvalue weighted by Gasteiger charge is -2.34. The number of pyridine rings is 1. The van der Waals surface area contributed by atoms with Crippen LogP contribution in [0.15, 0.2) is 65.7 Å². The minimum Gasteiger partial charge on any atom is -0.330 e. The lowest BCUT2D eigenvalue weighted by molar-refractivity contribution is 0.0604. The molecule has 2 N–H and O–H groups in total. The first-order chi connectivity index (χ1) is 17.0. The van der Waals surface area contributed by atoms with Crippen LogP contribution in [-0.2, 0) is 6.54 Å². The van der Waals surface area contributed by atoms with Crippen molar-refractivity contribution in [2.24, 2.45) is 11.7 Å². The number of carbonyl (C=O) groups excluding carboxylic acids is 1. The van der Waals surface area contributed by atoms with Gasteiger partial charge in [0.15, 0.2) is 0 Å². The molecule has 3 aromatic heterocycles. The van der Waals surface area contributed by atoms with Crippen LogP contribution in [0.25, 0.3) is 11.3 Å². The van der Waals surface area contributed by atoms with Crippen molar-refractivity contribution in [1.29, 1.82) is 0 Å². The first kappa shape index (κ1) is 25.0. The van der Waals surface area contributed by atoms with Gasteiger partial charge in [0, 0.05) is 29.9 Å². The van der Waals surface area contributed by atoms with Crippen molar-refractivity contribution in [2.75, 3.05) is 13.1 Å². The number of rotatable bonds is 10. The number of amides is 1. The maximum absolute atomic E-state index is 13.7. The summed E-state index contributed by atoms with van der Waals surface area (Å²) in [6.07, 6.45) is 4.25. The molecule has 0 radical (unpaired) electrons. The molecule has 35 heavy (non-hydrogen) atoms. The van der Waals surface area contributed by atoms with E-state index >= 15 is 0 Å². The van der Waals surface area contributed by atoms with Crippen molar-refractivity contribution in [2.45, 2.75) is 32.9 Å². The van der Waals surface area contributed by atoms with Gasteiger partial charge in [-0.05, 0) is 31.0 Å². The normalized spacial score (nSPS) is 12.1. The van der Waals surface area contributed by atoms with Gasteiger partial charge in [-0.15, -0.1) is 11.3 Å². The Hall–Kier alpha value is -3.07. The highest BCUT2D eigenvalue weighted by molar-refractivity contribution is 7.07. The summed E-state index contributed by atoms with van der Waals surface area (Å²) in [6.45, 7) is 5.78. The molecule has 182 valence electrons. The fourth-order valence-electron chi connectivity index (χ4n) is 4.13. The summed E-state index contributed by atoms with van der Waals surface area (Å²) < 4.78 is 2.12. The van der Waals surface area contributed by atoms with Crippen LogP contribution in [0, 0.1) is 5.92 Å². The lowest BCUT2D eigenvalue weighted by atomic mass is 10.00. The number of nitrogens with two attached hydrogens (primary N) is 1. The highest BCUT2D eigenvalue weighted by Gasteiger charge is 2.32. The van der Waals surface area contributed by atoms with Crippen LogP contribution in [0.4, 0.5) is 0 Å². The fourth-order valence-corrected chi connectivity index (χ4v) is 4.79. The minimum absolute atomic E-state index is 0.0946. The summed E-state index contributed by atoms with van der Waals surface area (Å²) in [5.41, 5.74) is 11.0. The van der Waals surface area contributed by atoms with Gasteiger partial charge in [0.1, 0.15) is 11.0 Å². The van der Waals surface area contributed by atoms with Crippen molar-refractivity contribution in [3.8, 4) is 11.3 Å². The smallest absolute Gasteiger partial charge is 0.256 e. The molecule has 7 nitrogen and oxygen atoms in total. The molecule has 0 saturated carbocycles. The topological polar surface area (TPSA) is 89.9 Å². The van der Waals surface area contributed by atoms with Gasteiger partial charge in [-0.25, -0.2) is 15.0 Å². The molecule has 0 saturated heterocycles. The van der Waals surface area contributed by atoms with E-state index in [1.807, 2.05) is 46.1 Å². The van der Waals surface area contributed by atoms with E-state index in [0.717, 1.165) is 22.8 Å². The van der Waals surface area contributed by atoms with Crippen LogP contribution < -0.4 is 5.73 Å². The third-order valence-corrected chi connectivity index (χ3v) is 6.62. The molecule has 1 unspecified atom stereocenters.